The van der Waals surface area contributed by atoms with Gasteiger partial charge in [-0.2, -0.15) is 0 Å². The molecule has 1 saturated carbocycles. The van der Waals surface area contributed by atoms with Gasteiger partial charge < -0.3 is 10.4 Å². The molecule has 0 aliphatic heterocycles. The lowest BCUT2D eigenvalue weighted by molar-refractivity contribution is -0.0119. The van der Waals surface area contributed by atoms with Crippen molar-refractivity contribution in [2.75, 3.05) is 6.54 Å². The highest BCUT2D eigenvalue weighted by Crippen LogP contribution is 2.31. The standard InChI is InChI=1S/C15H21ClFNO/c1-11-3-2-6-15(19,8-11)10-18-9-12-7-13(16)4-5-14(12)17/h4-5,7,11,18-19H,2-3,6,8-10H2,1H3. The Morgan fingerprint density at radius 1 is 1.53 bits per heavy atom. The number of rotatable bonds is 4. The molecule has 1 fully saturated rings. The number of hydrogen-bond acceptors (Lipinski definition) is 2. The van der Waals surface area contributed by atoms with Crippen LogP contribution < -0.4 is 5.32 Å². The van der Waals surface area contributed by atoms with E-state index < -0.39 is 5.60 Å². The molecule has 2 atom stereocenters. The zero-order valence-electron chi connectivity index (χ0n) is 11.3. The van der Waals surface area contributed by atoms with E-state index in [9.17, 15) is 9.50 Å². The smallest absolute Gasteiger partial charge is 0.127 e. The third-order valence-corrected chi connectivity index (χ3v) is 4.08. The van der Waals surface area contributed by atoms with Gasteiger partial charge in [-0.1, -0.05) is 31.4 Å². The molecule has 0 radical (unpaired) electrons. The van der Waals surface area contributed by atoms with E-state index in [1.54, 1.807) is 6.07 Å². The van der Waals surface area contributed by atoms with Crippen LogP contribution in [0.4, 0.5) is 4.39 Å². The molecule has 19 heavy (non-hydrogen) atoms. The van der Waals surface area contributed by atoms with Crippen LogP contribution in [0.25, 0.3) is 0 Å². The highest BCUT2D eigenvalue weighted by molar-refractivity contribution is 6.30. The van der Waals surface area contributed by atoms with E-state index in [1.165, 1.54) is 18.6 Å². The van der Waals surface area contributed by atoms with Crippen LogP contribution >= 0.6 is 11.6 Å². The molecule has 2 unspecified atom stereocenters. The van der Waals surface area contributed by atoms with Gasteiger partial charge in [0.05, 0.1) is 5.60 Å². The lowest BCUT2D eigenvalue weighted by Crippen LogP contribution is -2.43. The summed E-state index contributed by atoms with van der Waals surface area (Å²) >= 11 is 5.85. The minimum absolute atomic E-state index is 0.263. The molecular formula is C15H21ClFNO. The first-order valence-corrected chi connectivity index (χ1v) is 7.23. The van der Waals surface area contributed by atoms with E-state index in [2.05, 4.69) is 12.2 Å². The highest BCUT2D eigenvalue weighted by Gasteiger charge is 2.32. The molecule has 0 amide bonds. The fourth-order valence-electron chi connectivity index (χ4n) is 2.90. The van der Waals surface area contributed by atoms with Gasteiger partial charge in [0.1, 0.15) is 5.82 Å². The number of halogens is 2. The summed E-state index contributed by atoms with van der Waals surface area (Å²) in [5, 5.41) is 14.1. The van der Waals surface area contributed by atoms with Crippen molar-refractivity contribution in [2.45, 2.75) is 44.8 Å². The second-order valence-corrected chi connectivity index (χ2v) is 6.20. The molecule has 2 nitrogen and oxygen atoms in total. The summed E-state index contributed by atoms with van der Waals surface area (Å²) in [5.41, 5.74) is -0.104. The normalized spacial score (nSPS) is 27.5. The molecule has 4 heteroatoms. The van der Waals surface area contributed by atoms with Gasteiger partial charge in [0.15, 0.2) is 0 Å². The zero-order chi connectivity index (χ0) is 13.9. The first-order chi connectivity index (χ1) is 8.98. The quantitative estimate of drug-likeness (QED) is 0.887. The van der Waals surface area contributed by atoms with Crippen LogP contribution in [-0.4, -0.2) is 17.3 Å². The maximum absolute atomic E-state index is 13.5. The van der Waals surface area contributed by atoms with Gasteiger partial charge in [-0.05, 0) is 37.0 Å². The monoisotopic (exact) mass is 285 g/mol. The predicted molar refractivity (Wildman–Crippen MR) is 75.7 cm³/mol. The van der Waals surface area contributed by atoms with Gasteiger partial charge >= 0.3 is 0 Å². The number of aliphatic hydroxyl groups is 1. The van der Waals surface area contributed by atoms with Gasteiger partial charge in [-0.25, -0.2) is 4.39 Å². The minimum atomic E-state index is -0.646. The SMILES string of the molecule is CC1CCCC(O)(CNCc2cc(Cl)ccc2F)C1. The first-order valence-electron chi connectivity index (χ1n) is 6.85. The van der Waals surface area contributed by atoms with Gasteiger partial charge in [0, 0.05) is 23.7 Å². The average Bonchev–Trinajstić information content (AvgIpc) is 2.33. The Morgan fingerprint density at radius 3 is 3.05 bits per heavy atom. The van der Waals surface area contributed by atoms with Crippen LogP contribution in [0.2, 0.25) is 5.02 Å². The number of benzene rings is 1. The van der Waals surface area contributed by atoms with Crippen LogP contribution in [0, 0.1) is 11.7 Å². The summed E-state index contributed by atoms with van der Waals surface area (Å²) < 4.78 is 13.5. The van der Waals surface area contributed by atoms with Crippen molar-refractivity contribution in [3.8, 4) is 0 Å². The molecule has 106 valence electrons. The lowest BCUT2D eigenvalue weighted by Gasteiger charge is -2.35. The first kappa shape index (κ1) is 14.8. The van der Waals surface area contributed by atoms with E-state index in [-0.39, 0.29) is 5.82 Å². The van der Waals surface area contributed by atoms with Gasteiger partial charge in [-0.15, -0.1) is 0 Å². The second kappa shape index (κ2) is 6.21. The molecule has 0 heterocycles. The molecule has 0 aromatic heterocycles. The van der Waals surface area contributed by atoms with Crippen LogP contribution in [0.5, 0.6) is 0 Å². The Kier molecular flexibility index (Phi) is 4.82. The third-order valence-electron chi connectivity index (χ3n) is 3.84. The molecular weight excluding hydrogens is 265 g/mol. The topological polar surface area (TPSA) is 32.3 Å². The van der Waals surface area contributed by atoms with Crippen LogP contribution in [0.15, 0.2) is 18.2 Å². The van der Waals surface area contributed by atoms with Gasteiger partial charge in [-0.3, -0.25) is 0 Å². The van der Waals surface area contributed by atoms with Gasteiger partial charge in [0.2, 0.25) is 0 Å². The fourth-order valence-corrected chi connectivity index (χ4v) is 3.10. The van der Waals surface area contributed by atoms with Crippen molar-refractivity contribution in [1.29, 1.82) is 0 Å². The summed E-state index contributed by atoms with van der Waals surface area (Å²) in [6.07, 6.45) is 3.89. The maximum Gasteiger partial charge on any atom is 0.127 e. The van der Waals surface area contributed by atoms with Crippen molar-refractivity contribution < 1.29 is 9.50 Å². The largest absolute Gasteiger partial charge is 0.389 e. The Morgan fingerprint density at radius 2 is 2.32 bits per heavy atom. The van der Waals surface area contributed by atoms with Crippen LogP contribution in [-0.2, 0) is 6.54 Å². The van der Waals surface area contributed by atoms with Crippen molar-refractivity contribution >= 4 is 11.6 Å². The molecule has 2 rings (SSSR count). The van der Waals surface area contributed by atoms with E-state index in [0.29, 0.717) is 29.6 Å². The molecule has 2 N–H and O–H groups in total. The highest BCUT2D eigenvalue weighted by atomic mass is 35.5. The molecule has 0 saturated heterocycles. The number of hydrogen-bond donors (Lipinski definition) is 2. The van der Waals surface area contributed by atoms with Crippen molar-refractivity contribution in [3.05, 3.63) is 34.6 Å². The molecule has 1 aliphatic carbocycles. The second-order valence-electron chi connectivity index (χ2n) is 5.77. The molecule has 1 aromatic rings. The molecule has 0 spiro atoms. The van der Waals surface area contributed by atoms with E-state index in [0.717, 1.165) is 19.3 Å². The molecule has 0 bridgehead atoms. The Balaban J connectivity index is 1.87. The summed E-state index contributed by atoms with van der Waals surface area (Å²) in [6.45, 7) is 3.06. The summed E-state index contributed by atoms with van der Waals surface area (Å²) in [4.78, 5) is 0. The Labute approximate surface area is 119 Å². The lowest BCUT2D eigenvalue weighted by atomic mass is 9.79. The Bertz CT molecular complexity index is 440. The molecule has 1 aliphatic rings. The minimum Gasteiger partial charge on any atom is -0.389 e. The third kappa shape index (κ3) is 4.16. The summed E-state index contributed by atoms with van der Waals surface area (Å²) in [6, 6.07) is 4.53. The number of nitrogens with one attached hydrogen (secondary N) is 1. The van der Waals surface area contributed by atoms with Crippen molar-refractivity contribution in [3.63, 3.8) is 0 Å². The van der Waals surface area contributed by atoms with Gasteiger partial charge in [0.25, 0.3) is 0 Å². The fraction of sp³-hybridized carbons (Fsp3) is 0.600. The van der Waals surface area contributed by atoms with Crippen molar-refractivity contribution in [1.82, 2.24) is 5.32 Å². The molecule has 1 aromatic carbocycles. The summed E-state index contributed by atoms with van der Waals surface area (Å²) in [7, 11) is 0. The van der Waals surface area contributed by atoms with E-state index in [4.69, 9.17) is 11.6 Å². The van der Waals surface area contributed by atoms with Crippen molar-refractivity contribution in [2.24, 2.45) is 5.92 Å². The predicted octanol–water partition coefficient (Wildman–Crippen LogP) is 3.51. The summed E-state index contributed by atoms with van der Waals surface area (Å²) in [5.74, 6) is 0.296. The zero-order valence-corrected chi connectivity index (χ0v) is 12.0. The maximum atomic E-state index is 13.5. The van der Waals surface area contributed by atoms with E-state index in [1.807, 2.05) is 0 Å². The van der Waals surface area contributed by atoms with E-state index >= 15 is 0 Å². The average molecular weight is 286 g/mol. The Hall–Kier alpha value is -0.640. The van der Waals surface area contributed by atoms with Crippen LogP contribution in [0.1, 0.15) is 38.2 Å². The van der Waals surface area contributed by atoms with Crippen LogP contribution in [0.3, 0.4) is 0 Å².